The topological polar surface area (TPSA) is 56.2 Å². The fraction of sp³-hybridized carbons (Fsp3) is 0.333. The maximum Gasteiger partial charge on any atom is 0.407 e. The number of ether oxygens (including phenoxy) is 1. The molecule has 120 valence electrons. The average molecular weight is 311 g/mol. The van der Waals surface area contributed by atoms with Gasteiger partial charge in [0.25, 0.3) is 0 Å². The number of nitrogens with zero attached hydrogens (tertiary/aromatic N) is 2. The Morgan fingerprint density at radius 2 is 2.00 bits per heavy atom. The molecule has 0 fully saturated rings. The number of amides is 1. The summed E-state index contributed by atoms with van der Waals surface area (Å²) in [4.78, 5) is 11.6. The van der Waals surface area contributed by atoms with Crippen LogP contribution in [0.4, 0.5) is 4.79 Å². The second-order valence-corrected chi connectivity index (χ2v) is 6.14. The lowest BCUT2D eigenvalue weighted by Crippen LogP contribution is -2.34. The minimum atomic E-state index is -0.493. The van der Waals surface area contributed by atoms with E-state index in [1.807, 2.05) is 51.2 Å². The van der Waals surface area contributed by atoms with Crippen LogP contribution in [0.25, 0.3) is 11.1 Å². The van der Waals surface area contributed by atoms with Crippen molar-refractivity contribution < 1.29 is 9.53 Å². The van der Waals surface area contributed by atoms with Crippen LogP contribution in [0.5, 0.6) is 0 Å². The number of terminal acetylenes is 1. The summed E-state index contributed by atoms with van der Waals surface area (Å²) < 4.78 is 6.96. The minimum absolute atomic E-state index is 0.422. The number of alkyl carbamates (subject to hydrolysis) is 1. The van der Waals surface area contributed by atoms with Crippen LogP contribution in [-0.4, -0.2) is 28.0 Å². The number of hydrogen-bond donors (Lipinski definition) is 1. The second kappa shape index (κ2) is 7.01. The first-order chi connectivity index (χ1) is 10.9. The molecule has 0 saturated heterocycles. The number of aromatic nitrogens is 2. The number of benzene rings is 1. The lowest BCUT2D eigenvalue weighted by atomic mass is 10.1. The van der Waals surface area contributed by atoms with E-state index in [1.165, 1.54) is 0 Å². The molecule has 0 atom stereocenters. The third kappa shape index (κ3) is 5.19. The number of rotatable bonds is 4. The molecule has 1 aromatic carbocycles. The van der Waals surface area contributed by atoms with Crippen LogP contribution >= 0.6 is 0 Å². The van der Waals surface area contributed by atoms with Crippen molar-refractivity contribution >= 4 is 6.09 Å². The van der Waals surface area contributed by atoms with Crippen LogP contribution in [0.1, 0.15) is 26.3 Å². The minimum Gasteiger partial charge on any atom is -0.444 e. The van der Waals surface area contributed by atoms with Crippen molar-refractivity contribution in [1.29, 1.82) is 0 Å². The molecule has 0 saturated carbocycles. The van der Waals surface area contributed by atoms with E-state index in [2.05, 4.69) is 16.3 Å². The quantitative estimate of drug-likeness (QED) is 0.883. The van der Waals surface area contributed by atoms with Crippen molar-refractivity contribution in [3.05, 3.63) is 42.2 Å². The highest BCUT2D eigenvalue weighted by atomic mass is 16.6. The van der Waals surface area contributed by atoms with Gasteiger partial charge in [-0.05, 0) is 38.5 Å². The second-order valence-electron chi connectivity index (χ2n) is 6.14. The van der Waals surface area contributed by atoms with E-state index in [0.717, 1.165) is 16.7 Å². The summed E-state index contributed by atoms with van der Waals surface area (Å²) >= 11 is 0. The smallest absolute Gasteiger partial charge is 0.407 e. The van der Waals surface area contributed by atoms with Crippen molar-refractivity contribution in [2.75, 3.05) is 6.54 Å². The Kier molecular flexibility index (Phi) is 5.07. The van der Waals surface area contributed by atoms with Crippen LogP contribution in [0, 0.1) is 12.3 Å². The monoisotopic (exact) mass is 311 g/mol. The molecular weight excluding hydrogens is 290 g/mol. The van der Waals surface area contributed by atoms with Crippen LogP contribution in [0.3, 0.4) is 0 Å². The highest BCUT2D eigenvalue weighted by Crippen LogP contribution is 2.18. The molecule has 0 spiro atoms. The van der Waals surface area contributed by atoms with Gasteiger partial charge in [0.05, 0.1) is 12.7 Å². The molecule has 2 rings (SSSR count). The predicted octanol–water partition coefficient (Wildman–Crippen LogP) is 3.06. The Hall–Kier alpha value is -2.74. The lowest BCUT2D eigenvalue weighted by Gasteiger charge is -2.19. The molecule has 1 aromatic heterocycles. The van der Waals surface area contributed by atoms with E-state index >= 15 is 0 Å². The molecule has 0 aliphatic heterocycles. The Morgan fingerprint density at radius 1 is 1.30 bits per heavy atom. The van der Waals surface area contributed by atoms with Gasteiger partial charge in [0, 0.05) is 23.9 Å². The third-order valence-corrected chi connectivity index (χ3v) is 3.03. The molecule has 1 N–H and O–H groups in total. The van der Waals surface area contributed by atoms with Gasteiger partial charge < -0.3 is 10.1 Å². The Balaban J connectivity index is 1.87. The van der Waals surface area contributed by atoms with E-state index in [0.29, 0.717) is 13.1 Å². The van der Waals surface area contributed by atoms with Crippen LogP contribution in [0.15, 0.2) is 36.7 Å². The maximum absolute atomic E-state index is 11.6. The largest absolute Gasteiger partial charge is 0.444 e. The Bertz CT molecular complexity index is 703. The van der Waals surface area contributed by atoms with E-state index < -0.39 is 11.7 Å². The Morgan fingerprint density at radius 3 is 2.61 bits per heavy atom. The third-order valence-electron chi connectivity index (χ3n) is 3.03. The SMILES string of the molecule is C#Cc1ccc(-c2cnn(CCNC(=O)OC(C)(C)C)c2)cc1. The number of hydrogen-bond acceptors (Lipinski definition) is 3. The van der Waals surface area contributed by atoms with E-state index in [9.17, 15) is 4.79 Å². The fourth-order valence-corrected chi connectivity index (χ4v) is 1.98. The molecule has 1 heterocycles. The van der Waals surface area contributed by atoms with Gasteiger partial charge in [-0.1, -0.05) is 18.1 Å². The van der Waals surface area contributed by atoms with Gasteiger partial charge in [0.2, 0.25) is 0 Å². The molecule has 1 amide bonds. The summed E-state index contributed by atoms with van der Waals surface area (Å²) in [6.45, 7) is 6.52. The molecule has 23 heavy (non-hydrogen) atoms. The first-order valence-corrected chi connectivity index (χ1v) is 7.44. The van der Waals surface area contributed by atoms with Crippen molar-refractivity contribution in [3.8, 4) is 23.5 Å². The molecule has 0 aliphatic carbocycles. The van der Waals surface area contributed by atoms with E-state index in [1.54, 1.807) is 10.9 Å². The summed E-state index contributed by atoms with van der Waals surface area (Å²) in [7, 11) is 0. The summed E-state index contributed by atoms with van der Waals surface area (Å²) in [5, 5.41) is 7.00. The van der Waals surface area contributed by atoms with Crippen molar-refractivity contribution in [2.45, 2.75) is 32.9 Å². The predicted molar refractivity (Wildman–Crippen MR) is 89.8 cm³/mol. The highest BCUT2D eigenvalue weighted by molar-refractivity contribution is 5.67. The summed E-state index contributed by atoms with van der Waals surface area (Å²) in [6, 6.07) is 7.73. The lowest BCUT2D eigenvalue weighted by molar-refractivity contribution is 0.0525. The van der Waals surface area contributed by atoms with Gasteiger partial charge in [0.1, 0.15) is 5.60 Å². The molecule has 0 unspecified atom stereocenters. The van der Waals surface area contributed by atoms with Gasteiger partial charge in [-0.2, -0.15) is 5.10 Å². The summed E-state index contributed by atoms with van der Waals surface area (Å²) in [5.41, 5.74) is 2.41. The van der Waals surface area contributed by atoms with Crippen LogP contribution in [-0.2, 0) is 11.3 Å². The maximum atomic E-state index is 11.6. The van der Waals surface area contributed by atoms with E-state index in [-0.39, 0.29) is 0 Å². The van der Waals surface area contributed by atoms with Gasteiger partial charge in [-0.15, -0.1) is 6.42 Å². The van der Waals surface area contributed by atoms with Gasteiger partial charge in [0.15, 0.2) is 0 Å². The number of carbonyl (C=O) groups excluding carboxylic acids is 1. The first-order valence-electron chi connectivity index (χ1n) is 7.44. The molecule has 2 aromatic rings. The molecule has 0 aliphatic rings. The standard InChI is InChI=1S/C18H21N3O2/c1-5-14-6-8-15(9-7-14)16-12-20-21(13-16)11-10-19-17(22)23-18(2,3)4/h1,6-9,12-13H,10-11H2,2-4H3,(H,19,22). The van der Waals surface area contributed by atoms with E-state index in [4.69, 9.17) is 11.2 Å². The van der Waals surface area contributed by atoms with Crippen LogP contribution in [0.2, 0.25) is 0 Å². The molecule has 0 radical (unpaired) electrons. The zero-order chi connectivity index (χ0) is 16.9. The average Bonchev–Trinajstić information content (AvgIpc) is 2.94. The Labute approximate surface area is 136 Å². The molecule has 0 bridgehead atoms. The van der Waals surface area contributed by atoms with Gasteiger partial charge >= 0.3 is 6.09 Å². The molecule has 5 nitrogen and oxygen atoms in total. The van der Waals surface area contributed by atoms with Crippen LogP contribution < -0.4 is 5.32 Å². The summed E-state index contributed by atoms with van der Waals surface area (Å²) in [6.07, 6.45) is 8.65. The van der Waals surface area contributed by atoms with Gasteiger partial charge in [-0.25, -0.2) is 4.79 Å². The summed E-state index contributed by atoms with van der Waals surface area (Å²) in [5.74, 6) is 2.59. The van der Waals surface area contributed by atoms with Crippen molar-refractivity contribution in [1.82, 2.24) is 15.1 Å². The highest BCUT2D eigenvalue weighted by Gasteiger charge is 2.15. The number of nitrogens with one attached hydrogen (secondary N) is 1. The zero-order valence-corrected chi connectivity index (χ0v) is 13.7. The fourth-order valence-electron chi connectivity index (χ4n) is 1.98. The normalized spacial score (nSPS) is 10.9. The molecule has 5 heteroatoms. The van der Waals surface area contributed by atoms with Crippen molar-refractivity contribution in [2.24, 2.45) is 0 Å². The first kappa shape index (κ1) is 16.6. The zero-order valence-electron chi connectivity index (χ0n) is 13.7. The molecular formula is C18H21N3O2. The number of carbonyl (C=O) groups is 1. The van der Waals surface area contributed by atoms with Gasteiger partial charge in [-0.3, -0.25) is 4.68 Å². The van der Waals surface area contributed by atoms with Crippen molar-refractivity contribution in [3.63, 3.8) is 0 Å².